The first-order valence-corrected chi connectivity index (χ1v) is 5.36. The van der Waals surface area contributed by atoms with E-state index in [0.717, 1.165) is 19.5 Å². The molecule has 1 unspecified atom stereocenters. The Morgan fingerprint density at radius 2 is 2.41 bits per heavy atom. The summed E-state index contributed by atoms with van der Waals surface area (Å²) in [5, 5.41) is 26.0. The summed E-state index contributed by atoms with van der Waals surface area (Å²) in [6, 6.07) is 6.56. The highest BCUT2D eigenvalue weighted by Gasteiger charge is 2.17. The minimum absolute atomic E-state index is 0.0587. The molecule has 6 nitrogen and oxygen atoms in total. The molecule has 1 aromatic carbocycles. The quantitative estimate of drug-likeness (QED) is 0.604. The molecule has 1 saturated heterocycles. The summed E-state index contributed by atoms with van der Waals surface area (Å²) >= 11 is 0. The van der Waals surface area contributed by atoms with Crippen molar-refractivity contribution in [2.75, 3.05) is 18.4 Å². The van der Waals surface area contributed by atoms with Gasteiger partial charge in [0.05, 0.1) is 16.2 Å². The molecule has 0 spiro atoms. The van der Waals surface area contributed by atoms with E-state index in [4.69, 9.17) is 5.26 Å². The smallest absolute Gasteiger partial charge is 0.270 e. The van der Waals surface area contributed by atoms with Crippen molar-refractivity contribution in [2.45, 2.75) is 12.5 Å². The van der Waals surface area contributed by atoms with E-state index in [1.54, 1.807) is 6.07 Å². The number of hydrogen-bond donors (Lipinski definition) is 2. The van der Waals surface area contributed by atoms with Gasteiger partial charge in [-0.15, -0.1) is 0 Å². The van der Waals surface area contributed by atoms with Crippen LogP contribution in [0.5, 0.6) is 0 Å². The van der Waals surface area contributed by atoms with E-state index in [1.807, 2.05) is 6.07 Å². The summed E-state index contributed by atoms with van der Waals surface area (Å²) < 4.78 is 0. The Balaban J connectivity index is 2.22. The maximum absolute atomic E-state index is 10.6. The molecule has 0 amide bonds. The normalized spacial score (nSPS) is 18.6. The topological polar surface area (TPSA) is 91.0 Å². The van der Waals surface area contributed by atoms with Crippen LogP contribution in [0.4, 0.5) is 11.4 Å². The van der Waals surface area contributed by atoms with Crippen molar-refractivity contribution in [3.63, 3.8) is 0 Å². The Kier molecular flexibility index (Phi) is 3.21. The van der Waals surface area contributed by atoms with Gasteiger partial charge in [0.2, 0.25) is 0 Å². The Morgan fingerprint density at radius 1 is 1.59 bits per heavy atom. The van der Waals surface area contributed by atoms with Crippen molar-refractivity contribution in [3.05, 3.63) is 33.9 Å². The zero-order valence-corrected chi connectivity index (χ0v) is 9.14. The summed E-state index contributed by atoms with van der Waals surface area (Å²) in [5.74, 6) is 0. The molecule has 17 heavy (non-hydrogen) atoms. The number of benzene rings is 1. The number of anilines is 1. The lowest BCUT2D eigenvalue weighted by Gasteiger charge is -2.13. The number of nitrogens with zero attached hydrogens (tertiary/aromatic N) is 2. The lowest BCUT2D eigenvalue weighted by atomic mass is 10.1. The minimum atomic E-state index is -0.498. The highest BCUT2D eigenvalue weighted by atomic mass is 16.6. The van der Waals surface area contributed by atoms with E-state index in [1.165, 1.54) is 12.1 Å². The molecule has 1 fully saturated rings. The summed E-state index contributed by atoms with van der Waals surface area (Å²) in [5.41, 5.74) is 0.912. The number of nitrogens with one attached hydrogen (secondary N) is 2. The molecule has 88 valence electrons. The van der Waals surface area contributed by atoms with Crippen LogP contribution in [0.1, 0.15) is 12.0 Å². The Morgan fingerprint density at radius 3 is 3.00 bits per heavy atom. The lowest BCUT2D eigenvalue weighted by molar-refractivity contribution is -0.384. The molecule has 1 aromatic rings. The number of rotatable bonds is 3. The van der Waals surface area contributed by atoms with Gasteiger partial charge in [-0.05, 0) is 19.0 Å². The predicted molar refractivity (Wildman–Crippen MR) is 62.7 cm³/mol. The predicted octanol–water partition coefficient (Wildman–Crippen LogP) is 1.24. The van der Waals surface area contributed by atoms with Crippen molar-refractivity contribution >= 4 is 11.4 Å². The molecular formula is C11H12N4O2. The van der Waals surface area contributed by atoms with Crippen molar-refractivity contribution in [2.24, 2.45) is 0 Å². The number of nitro groups is 1. The third kappa shape index (κ3) is 2.52. The van der Waals surface area contributed by atoms with E-state index in [0.29, 0.717) is 11.3 Å². The van der Waals surface area contributed by atoms with E-state index in [2.05, 4.69) is 10.6 Å². The number of nitro benzene ring substituents is 1. The fraction of sp³-hybridized carbons (Fsp3) is 0.364. The van der Waals surface area contributed by atoms with Gasteiger partial charge in [0.25, 0.3) is 5.69 Å². The molecule has 0 radical (unpaired) electrons. The molecule has 6 heteroatoms. The van der Waals surface area contributed by atoms with E-state index in [9.17, 15) is 10.1 Å². The Bertz CT molecular complexity index is 475. The van der Waals surface area contributed by atoms with Gasteiger partial charge in [0, 0.05) is 24.7 Å². The standard InChI is InChI=1S/C11H12N4O2/c12-6-8-5-10(15(16)17)1-2-11(8)14-9-3-4-13-7-9/h1-2,5,9,13-14H,3-4,7H2. The van der Waals surface area contributed by atoms with Crippen LogP contribution in [-0.2, 0) is 0 Å². The van der Waals surface area contributed by atoms with Gasteiger partial charge in [-0.25, -0.2) is 0 Å². The molecule has 2 rings (SSSR count). The van der Waals surface area contributed by atoms with Gasteiger partial charge in [-0.2, -0.15) is 5.26 Å². The van der Waals surface area contributed by atoms with Gasteiger partial charge in [-0.1, -0.05) is 0 Å². The monoisotopic (exact) mass is 232 g/mol. The molecular weight excluding hydrogens is 220 g/mol. The second-order valence-corrected chi connectivity index (χ2v) is 3.93. The van der Waals surface area contributed by atoms with Crippen LogP contribution in [0.25, 0.3) is 0 Å². The van der Waals surface area contributed by atoms with E-state index >= 15 is 0 Å². The van der Waals surface area contributed by atoms with Gasteiger partial charge in [-0.3, -0.25) is 10.1 Å². The first-order chi connectivity index (χ1) is 8.20. The third-order valence-electron chi connectivity index (χ3n) is 2.75. The van der Waals surface area contributed by atoms with Gasteiger partial charge >= 0.3 is 0 Å². The summed E-state index contributed by atoms with van der Waals surface area (Å²) in [4.78, 5) is 10.1. The summed E-state index contributed by atoms with van der Waals surface area (Å²) in [6.45, 7) is 1.80. The van der Waals surface area contributed by atoms with E-state index < -0.39 is 4.92 Å². The Hall–Kier alpha value is -2.13. The van der Waals surface area contributed by atoms with Crippen molar-refractivity contribution in [3.8, 4) is 6.07 Å². The molecule has 0 aliphatic carbocycles. The van der Waals surface area contributed by atoms with Gasteiger partial charge in [0.15, 0.2) is 0 Å². The molecule has 0 bridgehead atoms. The maximum Gasteiger partial charge on any atom is 0.270 e. The molecule has 0 aromatic heterocycles. The van der Waals surface area contributed by atoms with Crippen LogP contribution in [0.15, 0.2) is 18.2 Å². The number of nitriles is 1. The fourth-order valence-electron chi connectivity index (χ4n) is 1.86. The Labute approximate surface area is 98.4 Å². The van der Waals surface area contributed by atoms with Crippen LogP contribution in [0.2, 0.25) is 0 Å². The van der Waals surface area contributed by atoms with Gasteiger partial charge < -0.3 is 10.6 Å². The zero-order chi connectivity index (χ0) is 12.3. The average molecular weight is 232 g/mol. The first-order valence-electron chi connectivity index (χ1n) is 5.36. The van der Waals surface area contributed by atoms with Crippen LogP contribution in [-0.4, -0.2) is 24.1 Å². The van der Waals surface area contributed by atoms with Crippen LogP contribution < -0.4 is 10.6 Å². The summed E-state index contributed by atoms with van der Waals surface area (Å²) in [7, 11) is 0. The molecule has 0 saturated carbocycles. The third-order valence-corrected chi connectivity index (χ3v) is 2.75. The van der Waals surface area contributed by atoms with E-state index in [-0.39, 0.29) is 11.7 Å². The summed E-state index contributed by atoms with van der Waals surface area (Å²) in [6.07, 6.45) is 0.988. The second-order valence-electron chi connectivity index (χ2n) is 3.93. The minimum Gasteiger partial charge on any atom is -0.380 e. The van der Waals surface area contributed by atoms with Crippen molar-refractivity contribution in [1.82, 2.24) is 5.32 Å². The molecule has 1 aliphatic heterocycles. The number of non-ortho nitro benzene ring substituents is 1. The molecule has 1 heterocycles. The number of hydrogen-bond acceptors (Lipinski definition) is 5. The van der Waals surface area contributed by atoms with Crippen LogP contribution >= 0.6 is 0 Å². The maximum atomic E-state index is 10.6. The highest BCUT2D eigenvalue weighted by molar-refractivity contribution is 5.61. The zero-order valence-electron chi connectivity index (χ0n) is 9.14. The largest absolute Gasteiger partial charge is 0.380 e. The van der Waals surface area contributed by atoms with Crippen LogP contribution in [0.3, 0.4) is 0 Å². The van der Waals surface area contributed by atoms with Crippen LogP contribution in [0, 0.1) is 21.4 Å². The molecule has 1 atom stereocenters. The highest BCUT2D eigenvalue weighted by Crippen LogP contribution is 2.22. The average Bonchev–Trinajstić information content (AvgIpc) is 2.82. The lowest BCUT2D eigenvalue weighted by Crippen LogP contribution is -2.22. The molecule has 1 aliphatic rings. The van der Waals surface area contributed by atoms with Crippen molar-refractivity contribution < 1.29 is 4.92 Å². The fourth-order valence-corrected chi connectivity index (χ4v) is 1.86. The van der Waals surface area contributed by atoms with Crippen molar-refractivity contribution in [1.29, 1.82) is 5.26 Å². The molecule has 2 N–H and O–H groups in total. The van der Waals surface area contributed by atoms with Gasteiger partial charge in [0.1, 0.15) is 6.07 Å². The second kappa shape index (κ2) is 4.80. The first kappa shape index (κ1) is 11.4. The SMILES string of the molecule is N#Cc1cc([N+](=O)[O-])ccc1NC1CCNC1.